The number of aromatic nitrogens is 6. The number of rotatable bonds is 7. The van der Waals surface area contributed by atoms with Crippen molar-refractivity contribution in [3.8, 4) is 45.9 Å². The number of nitrogens with zero attached hydrogens (tertiary/aromatic N) is 6. The average molecular weight is 473 g/mol. The third kappa shape index (κ3) is 4.37. The fraction of sp³-hybridized carbons (Fsp3) is 0.240. The van der Waals surface area contributed by atoms with Crippen LogP contribution in [-0.2, 0) is 6.54 Å². The molecule has 0 atom stereocenters. The zero-order valence-corrected chi connectivity index (χ0v) is 20.1. The number of hydrogen-bond donors (Lipinski definition) is 0. The van der Waals surface area contributed by atoms with E-state index < -0.39 is 0 Å². The van der Waals surface area contributed by atoms with Gasteiger partial charge in [-0.2, -0.15) is 4.98 Å². The highest BCUT2D eigenvalue weighted by Gasteiger charge is 2.21. The highest BCUT2D eigenvalue weighted by molar-refractivity contribution is 5.63. The Labute approximate surface area is 201 Å². The van der Waals surface area contributed by atoms with Crippen LogP contribution in [0.25, 0.3) is 34.4 Å². The summed E-state index contributed by atoms with van der Waals surface area (Å²) >= 11 is 0. The van der Waals surface area contributed by atoms with Gasteiger partial charge in [0, 0.05) is 17.2 Å². The van der Waals surface area contributed by atoms with E-state index in [9.17, 15) is 0 Å². The maximum Gasteiger partial charge on any atom is 0.280 e. The zero-order valence-electron chi connectivity index (χ0n) is 20.1. The van der Waals surface area contributed by atoms with Gasteiger partial charge in [0.25, 0.3) is 5.89 Å². The SMILES string of the molecule is COc1cc(OC)cc(-c2noc(-c3nnn(Cc4nc(-c5ccc(C)cc5)oc4C)c3C)n2)c1. The Morgan fingerprint density at radius 2 is 1.57 bits per heavy atom. The first-order valence-electron chi connectivity index (χ1n) is 11.0. The predicted molar refractivity (Wildman–Crippen MR) is 127 cm³/mol. The maximum absolute atomic E-state index is 5.90. The molecule has 3 heterocycles. The highest BCUT2D eigenvalue weighted by atomic mass is 16.5. The number of benzene rings is 2. The Hall–Kier alpha value is -4.47. The summed E-state index contributed by atoms with van der Waals surface area (Å²) in [5.41, 5.74) is 4.84. The van der Waals surface area contributed by atoms with Gasteiger partial charge in [-0.25, -0.2) is 9.67 Å². The van der Waals surface area contributed by atoms with Gasteiger partial charge in [0.2, 0.25) is 11.7 Å². The molecule has 10 nitrogen and oxygen atoms in total. The lowest BCUT2D eigenvalue weighted by Gasteiger charge is -2.05. The minimum absolute atomic E-state index is 0.266. The first-order chi connectivity index (χ1) is 16.9. The summed E-state index contributed by atoms with van der Waals surface area (Å²) in [4.78, 5) is 9.19. The van der Waals surface area contributed by atoms with Gasteiger partial charge in [0.1, 0.15) is 23.0 Å². The average Bonchev–Trinajstić information content (AvgIpc) is 3.59. The number of hydrogen-bond acceptors (Lipinski definition) is 9. The molecule has 0 aliphatic rings. The summed E-state index contributed by atoms with van der Waals surface area (Å²) in [6.07, 6.45) is 0. The van der Waals surface area contributed by atoms with Crippen LogP contribution >= 0.6 is 0 Å². The van der Waals surface area contributed by atoms with Crippen LogP contribution in [0.2, 0.25) is 0 Å². The van der Waals surface area contributed by atoms with E-state index in [1.165, 1.54) is 5.56 Å². The van der Waals surface area contributed by atoms with Crippen molar-refractivity contribution in [2.24, 2.45) is 0 Å². The van der Waals surface area contributed by atoms with Crippen molar-refractivity contribution in [1.82, 2.24) is 30.1 Å². The molecule has 0 aliphatic heterocycles. The summed E-state index contributed by atoms with van der Waals surface area (Å²) in [5, 5.41) is 12.6. The van der Waals surface area contributed by atoms with Gasteiger partial charge in [-0.3, -0.25) is 0 Å². The molecule has 0 radical (unpaired) electrons. The Kier molecular flexibility index (Phi) is 5.77. The van der Waals surface area contributed by atoms with E-state index in [4.69, 9.17) is 18.4 Å². The van der Waals surface area contributed by atoms with Gasteiger partial charge in [-0.1, -0.05) is 28.1 Å². The Bertz CT molecular complexity index is 1460. The molecule has 0 saturated heterocycles. The maximum atomic E-state index is 5.90. The van der Waals surface area contributed by atoms with E-state index in [1.807, 2.05) is 45.0 Å². The van der Waals surface area contributed by atoms with Crippen LogP contribution in [0, 0.1) is 20.8 Å². The molecular weight excluding hydrogens is 448 g/mol. The second kappa shape index (κ2) is 9.05. The molecule has 35 heavy (non-hydrogen) atoms. The summed E-state index contributed by atoms with van der Waals surface area (Å²) in [7, 11) is 3.17. The molecule has 0 bridgehead atoms. The number of methoxy groups -OCH3 is 2. The zero-order chi connectivity index (χ0) is 24.5. The molecule has 0 unspecified atom stereocenters. The van der Waals surface area contributed by atoms with Crippen molar-refractivity contribution in [2.75, 3.05) is 14.2 Å². The number of oxazole rings is 1. The van der Waals surface area contributed by atoms with Crippen LogP contribution in [0.4, 0.5) is 0 Å². The van der Waals surface area contributed by atoms with Crippen LogP contribution in [0.3, 0.4) is 0 Å². The molecule has 0 amide bonds. The third-order valence-electron chi connectivity index (χ3n) is 5.71. The predicted octanol–water partition coefficient (Wildman–Crippen LogP) is 4.64. The van der Waals surface area contributed by atoms with Crippen LogP contribution in [0.1, 0.15) is 22.7 Å². The molecule has 0 saturated carbocycles. The van der Waals surface area contributed by atoms with E-state index in [-0.39, 0.29) is 5.89 Å². The summed E-state index contributed by atoms with van der Waals surface area (Å²) in [6.45, 7) is 6.22. The van der Waals surface area contributed by atoms with E-state index >= 15 is 0 Å². The van der Waals surface area contributed by atoms with Gasteiger partial charge in [-0.05, 0) is 45.0 Å². The van der Waals surface area contributed by atoms with E-state index in [1.54, 1.807) is 37.1 Å². The normalized spacial score (nSPS) is 11.1. The first-order valence-corrected chi connectivity index (χ1v) is 11.0. The Morgan fingerprint density at radius 3 is 2.26 bits per heavy atom. The minimum Gasteiger partial charge on any atom is -0.497 e. The number of aryl methyl sites for hydroxylation is 2. The quantitative estimate of drug-likeness (QED) is 0.334. The van der Waals surface area contributed by atoms with Crippen LogP contribution in [-0.4, -0.2) is 44.3 Å². The molecule has 2 aromatic carbocycles. The van der Waals surface area contributed by atoms with Crippen LogP contribution < -0.4 is 9.47 Å². The Morgan fingerprint density at radius 1 is 0.857 bits per heavy atom. The van der Waals surface area contributed by atoms with Gasteiger partial charge in [-0.15, -0.1) is 5.10 Å². The van der Waals surface area contributed by atoms with Crippen molar-refractivity contribution in [2.45, 2.75) is 27.3 Å². The van der Waals surface area contributed by atoms with Crippen molar-refractivity contribution in [3.63, 3.8) is 0 Å². The summed E-state index contributed by atoms with van der Waals surface area (Å²) in [6, 6.07) is 13.4. The molecule has 10 heteroatoms. The molecule has 3 aromatic heterocycles. The van der Waals surface area contributed by atoms with Crippen molar-refractivity contribution < 1.29 is 18.4 Å². The summed E-state index contributed by atoms with van der Waals surface area (Å²) in [5.74, 6) is 3.21. The van der Waals surface area contributed by atoms with Crippen molar-refractivity contribution in [3.05, 3.63) is 65.2 Å². The monoisotopic (exact) mass is 472 g/mol. The smallest absolute Gasteiger partial charge is 0.280 e. The second-order valence-corrected chi connectivity index (χ2v) is 8.09. The van der Waals surface area contributed by atoms with Crippen LogP contribution in [0.15, 0.2) is 51.4 Å². The summed E-state index contributed by atoms with van der Waals surface area (Å²) < 4.78 is 23.8. The van der Waals surface area contributed by atoms with E-state index in [0.717, 1.165) is 22.7 Å². The fourth-order valence-corrected chi connectivity index (χ4v) is 3.62. The van der Waals surface area contributed by atoms with Gasteiger partial charge in [0.15, 0.2) is 5.69 Å². The molecule has 5 aromatic rings. The molecule has 0 aliphatic carbocycles. The van der Waals surface area contributed by atoms with E-state index in [0.29, 0.717) is 41.0 Å². The molecule has 0 spiro atoms. The fourth-order valence-electron chi connectivity index (χ4n) is 3.62. The Balaban J connectivity index is 1.40. The lowest BCUT2D eigenvalue weighted by atomic mass is 10.1. The first kappa shape index (κ1) is 22.3. The standard InChI is InChI=1S/C25H24N6O4/c1-14-6-8-17(9-7-14)24-26-21(16(3)34-24)13-31-15(2)22(28-30-31)25-27-23(29-35-25)18-10-19(32-4)12-20(11-18)33-5/h6-12H,13H2,1-5H3. The largest absolute Gasteiger partial charge is 0.497 e. The van der Waals surface area contributed by atoms with Gasteiger partial charge >= 0.3 is 0 Å². The molecule has 0 fully saturated rings. The topological polar surface area (TPSA) is 114 Å². The van der Waals surface area contributed by atoms with Crippen LogP contribution in [0.5, 0.6) is 11.5 Å². The lowest BCUT2D eigenvalue weighted by Crippen LogP contribution is -2.05. The second-order valence-electron chi connectivity index (χ2n) is 8.09. The third-order valence-corrected chi connectivity index (χ3v) is 5.71. The molecular formula is C25H24N6O4. The highest BCUT2D eigenvalue weighted by Crippen LogP contribution is 2.30. The van der Waals surface area contributed by atoms with Crippen molar-refractivity contribution in [1.29, 1.82) is 0 Å². The lowest BCUT2D eigenvalue weighted by molar-refractivity contribution is 0.394. The molecule has 178 valence electrons. The minimum atomic E-state index is 0.266. The van der Waals surface area contributed by atoms with Gasteiger partial charge < -0.3 is 18.4 Å². The van der Waals surface area contributed by atoms with E-state index in [2.05, 4.69) is 25.4 Å². The van der Waals surface area contributed by atoms with Gasteiger partial charge in [0.05, 0.1) is 26.5 Å². The molecule has 5 rings (SSSR count). The number of ether oxygens (including phenoxy) is 2. The molecule has 0 N–H and O–H groups in total. The van der Waals surface area contributed by atoms with Crippen molar-refractivity contribution >= 4 is 0 Å².